The number of benzene rings is 1. The molecule has 0 amide bonds. The minimum Gasteiger partial charge on any atom is -0.335 e. The highest BCUT2D eigenvalue weighted by Gasteiger charge is 2.30. The van der Waals surface area contributed by atoms with E-state index in [2.05, 4.69) is 50.4 Å². The second-order valence-corrected chi connectivity index (χ2v) is 6.26. The predicted molar refractivity (Wildman–Crippen MR) is 87.2 cm³/mol. The molecule has 19 heavy (non-hydrogen) atoms. The summed E-state index contributed by atoms with van der Waals surface area (Å²) in [6, 6.07) is 8.60. The molecule has 2 nitrogen and oxygen atoms in total. The zero-order chi connectivity index (χ0) is 13.7. The van der Waals surface area contributed by atoms with Crippen LogP contribution in [0.5, 0.6) is 0 Å². The highest BCUT2D eigenvalue weighted by atomic mass is 32.2. The van der Waals surface area contributed by atoms with Gasteiger partial charge in [-0.3, -0.25) is 4.99 Å². The number of hydrogen-bond acceptors (Lipinski definition) is 3. The molecule has 2 rings (SSSR count). The zero-order valence-corrected chi connectivity index (χ0v) is 13.0. The molecule has 1 aliphatic rings. The smallest absolute Gasteiger partial charge is 0.161 e. The van der Waals surface area contributed by atoms with Crippen molar-refractivity contribution in [1.82, 2.24) is 0 Å². The Bertz CT molecular complexity index is 450. The molecule has 3 heteroatoms. The van der Waals surface area contributed by atoms with Crippen LogP contribution >= 0.6 is 11.8 Å². The largest absolute Gasteiger partial charge is 0.335 e. The predicted octanol–water partition coefficient (Wildman–Crippen LogP) is 4.57. The summed E-state index contributed by atoms with van der Waals surface area (Å²) in [7, 11) is 0. The van der Waals surface area contributed by atoms with Gasteiger partial charge in [-0.15, -0.1) is 0 Å². The van der Waals surface area contributed by atoms with Gasteiger partial charge in [0.1, 0.15) is 0 Å². The molecule has 104 valence electrons. The van der Waals surface area contributed by atoms with Crippen molar-refractivity contribution in [1.29, 1.82) is 0 Å². The second-order valence-electron chi connectivity index (χ2n) is 5.30. The van der Waals surface area contributed by atoms with Crippen LogP contribution in [0.3, 0.4) is 0 Å². The van der Waals surface area contributed by atoms with E-state index in [4.69, 9.17) is 4.99 Å². The molecule has 0 bridgehead atoms. The van der Waals surface area contributed by atoms with Crippen LogP contribution in [0.15, 0.2) is 29.3 Å². The molecule has 0 radical (unpaired) electrons. The number of amidine groups is 1. The van der Waals surface area contributed by atoms with Crippen LogP contribution in [0.1, 0.15) is 39.2 Å². The fourth-order valence-corrected chi connectivity index (χ4v) is 3.59. The van der Waals surface area contributed by atoms with Crippen LogP contribution in [-0.4, -0.2) is 17.5 Å². The first-order valence-corrected chi connectivity index (χ1v) is 8.23. The molecule has 1 N–H and O–H groups in total. The second kappa shape index (κ2) is 6.47. The molecule has 0 unspecified atom stereocenters. The Labute approximate surface area is 121 Å². The molecule has 1 aliphatic heterocycles. The van der Waals surface area contributed by atoms with Crippen LogP contribution < -0.4 is 5.32 Å². The van der Waals surface area contributed by atoms with Crippen LogP contribution in [0.2, 0.25) is 0 Å². The van der Waals surface area contributed by atoms with Gasteiger partial charge in [-0.05, 0) is 42.4 Å². The number of rotatable bonds is 4. The van der Waals surface area contributed by atoms with E-state index in [-0.39, 0.29) is 0 Å². The monoisotopic (exact) mass is 276 g/mol. The van der Waals surface area contributed by atoms with E-state index >= 15 is 0 Å². The van der Waals surface area contributed by atoms with Crippen molar-refractivity contribution >= 4 is 22.6 Å². The number of thioether (sulfide) groups is 1. The van der Waals surface area contributed by atoms with E-state index in [1.165, 1.54) is 24.2 Å². The summed E-state index contributed by atoms with van der Waals surface area (Å²) < 4.78 is 0. The summed E-state index contributed by atoms with van der Waals surface area (Å²) in [5.74, 6) is 1.18. The number of anilines is 1. The maximum atomic E-state index is 4.74. The molecule has 0 saturated heterocycles. The van der Waals surface area contributed by atoms with Gasteiger partial charge in [-0.25, -0.2) is 0 Å². The Morgan fingerprint density at radius 1 is 1.26 bits per heavy atom. The fraction of sp³-hybridized carbons (Fsp3) is 0.562. The zero-order valence-electron chi connectivity index (χ0n) is 12.2. The van der Waals surface area contributed by atoms with Gasteiger partial charge in [0.15, 0.2) is 5.17 Å². The third kappa shape index (κ3) is 3.53. The Morgan fingerprint density at radius 3 is 2.63 bits per heavy atom. The van der Waals surface area contributed by atoms with Gasteiger partial charge in [0.05, 0.1) is 0 Å². The Kier molecular flexibility index (Phi) is 4.92. The van der Waals surface area contributed by atoms with Crippen LogP contribution in [-0.2, 0) is 6.42 Å². The van der Waals surface area contributed by atoms with Crippen molar-refractivity contribution in [2.24, 2.45) is 10.4 Å². The lowest BCUT2D eigenvalue weighted by Gasteiger charge is -2.33. The van der Waals surface area contributed by atoms with Gasteiger partial charge < -0.3 is 5.32 Å². The minimum absolute atomic E-state index is 0.418. The topological polar surface area (TPSA) is 24.4 Å². The standard InChI is InChI=1S/C16H24N2S/c1-4-13-8-7-9-14(10-13)18-15-17-11-16(5-2,6-3)12-19-15/h7-10H,4-6,11-12H2,1-3H3,(H,17,18). The Balaban J connectivity index is 2.03. The lowest BCUT2D eigenvalue weighted by atomic mass is 9.84. The van der Waals surface area contributed by atoms with E-state index in [0.29, 0.717) is 5.41 Å². The fourth-order valence-electron chi connectivity index (χ4n) is 2.30. The van der Waals surface area contributed by atoms with Crippen molar-refractivity contribution in [2.45, 2.75) is 40.0 Å². The van der Waals surface area contributed by atoms with Gasteiger partial charge in [0, 0.05) is 18.0 Å². The van der Waals surface area contributed by atoms with Crippen molar-refractivity contribution in [3.63, 3.8) is 0 Å². The normalized spacial score (nSPS) is 17.9. The average Bonchev–Trinajstić information content (AvgIpc) is 2.48. The summed E-state index contributed by atoms with van der Waals surface area (Å²) >= 11 is 1.87. The maximum absolute atomic E-state index is 4.74. The Hall–Kier alpha value is -0.960. The van der Waals surface area contributed by atoms with Gasteiger partial charge in [0.2, 0.25) is 0 Å². The molecule has 0 spiro atoms. The SMILES string of the molecule is CCc1cccc(NC2=NCC(CC)(CC)CS2)c1. The van der Waals surface area contributed by atoms with Gasteiger partial charge in [-0.2, -0.15) is 0 Å². The van der Waals surface area contributed by atoms with E-state index < -0.39 is 0 Å². The van der Waals surface area contributed by atoms with Gasteiger partial charge in [-0.1, -0.05) is 44.7 Å². The van der Waals surface area contributed by atoms with Gasteiger partial charge >= 0.3 is 0 Å². The lowest BCUT2D eigenvalue weighted by molar-refractivity contribution is 0.318. The van der Waals surface area contributed by atoms with Crippen molar-refractivity contribution in [2.75, 3.05) is 17.6 Å². The summed E-state index contributed by atoms with van der Waals surface area (Å²) in [5.41, 5.74) is 2.94. The molecular formula is C16H24N2S. The highest BCUT2D eigenvalue weighted by Crippen LogP contribution is 2.35. The highest BCUT2D eigenvalue weighted by molar-refractivity contribution is 8.14. The van der Waals surface area contributed by atoms with Crippen LogP contribution in [0, 0.1) is 5.41 Å². The minimum atomic E-state index is 0.418. The van der Waals surface area contributed by atoms with Crippen molar-refractivity contribution in [3.8, 4) is 0 Å². The van der Waals surface area contributed by atoms with Crippen molar-refractivity contribution < 1.29 is 0 Å². The number of aliphatic imine (C=N–C) groups is 1. The van der Waals surface area contributed by atoms with Crippen LogP contribution in [0.25, 0.3) is 0 Å². The van der Waals surface area contributed by atoms with E-state index in [9.17, 15) is 0 Å². The first-order chi connectivity index (χ1) is 9.21. The molecular weight excluding hydrogens is 252 g/mol. The lowest BCUT2D eigenvalue weighted by Crippen LogP contribution is -2.32. The number of hydrogen-bond donors (Lipinski definition) is 1. The molecule has 1 heterocycles. The Morgan fingerprint density at radius 2 is 2.05 bits per heavy atom. The molecule has 0 aromatic heterocycles. The molecule has 1 aromatic carbocycles. The van der Waals surface area contributed by atoms with Crippen LogP contribution in [0.4, 0.5) is 5.69 Å². The van der Waals surface area contributed by atoms with E-state index in [0.717, 1.165) is 23.8 Å². The first kappa shape index (κ1) is 14.4. The third-order valence-corrected chi connectivity index (χ3v) is 5.42. The van der Waals surface area contributed by atoms with Gasteiger partial charge in [0.25, 0.3) is 0 Å². The quantitative estimate of drug-likeness (QED) is 0.871. The molecule has 0 atom stereocenters. The average molecular weight is 276 g/mol. The number of nitrogens with zero attached hydrogens (tertiary/aromatic N) is 1. The maximum Gasteiger partial charge on any atom is 0.161 e. The molecule has 0 saturated carbocycles. The summed E-state index contributed by atoms with van der Waals surface area (Å²) in [6.45, 7) is 7.71. The van der Waals surface area contributed by atoms with E-state index in [1.54, 1.807) is 0 Å². The summed E-state index contributed by atoms with van der Waals surface area (Å²) in [5, 5.41) is 4.53. The molecule has 0 fully saturated rings. The molecule has 1 aromatic rings. The molecule has 0 aliphatic carbocycles. The number of aryl methyl sites for hydroxylation is 1. The summed E-state index contributed by atoms with van der Waals surface area (Å²) in [6.07, 6.45) is 3.51. The van der Waals surface area contributed by atoms with Crippen molar-refractivity contribution in [3.05, 3.63) is 29.8 Å². The summed E-state index contributed by atoms with van der Waals surface area (Å²) in [4.78, 5) is 4.74. The van der Waals surface area contributed by atoms with E-state index in [1.807, 2.05) is 11.8 Å². The third-order valence-electron chi connectivity index (χ3n) is 4.16. The number of nitrogens with one attached hydrogen (secondary N) is 1. The first-order valence-electron chi connectivity index (χ1n) is 7.24.